The van der Waals surface area contributed by atoms with Gasteiger partial charge in [0.15, 0.2) is 0 Å². The van der Waals surface area contributed by atoms with Crippen molar-refractivity contribution in [2.45, 2.75) is 0 Å². The molecule has 0 aromatic rings. The lowest BCUT2D eigenvalue weighted by molar-refractivity contribution is -0.194. The third-order valence-electron chi connectivity index (χ3n) is 0.0781. The summed E-state index contributed by atoms with van der Waals surface area (Å²) >= 11 is 0. The summed E-state index contributed by atoms with van der Waals surface area (Å²) in [7, 11) is 0. The Morgan fingerprint density at radius 2 is 1.71 bits per heavy atom. The minimum Gasteiger partial charge on any atom is -0.448 e. The van der Waals surface area contributed by atoms with Gasteiger partial charge in [0.25, 0.3) is 0 Å². The molecule has 0 saturated carbocycles. The fourth-order valence-electron chi connectivity index (χ4n) is 0. The van der Waals surface area contributed by atoms with E-state index in [1.807, 2.05) is 0 Å². The molecule has 0 heterocycles. The van der Waals surface area contributed by atoms with Crippen molar-refractivity contribution in [3.05, 3.63) is 0 Å². The Balaban J connectivity index is -0.0000000800. The van der Waals surface area contributed by atoms with Crippen molar-refractivity contribution in [2.75, 3.05) is 0 Å². The van der Waals surface area contributed by atoms with Gasteiger partial charge in [0.1, 0.15) is 0 Å². The molecule has 0 bridgehead atoms. The lowest BCUT2D eigenvalue weighted by atomic mass is 11.5. The molecule has 0 unspecified atom stereocenters. The first-order chi connectivity index (χ1) is 2.27. The van der Waals surface area contributed by atoms with Crippen LogP contribution < -0.4 is 0 Å². The van der Waals surface area contributed by atoms with Crippen LogP contribution in [0.5, 0.6) is 0 Å². The van der Waals surface area contributed by atoms with Crippen molar-refractivity contribution in [1.82, 2.24) is 0 Å². The molecule has 0 amide bonds. The second-order valence-electron chi connectivity index (χ2n) is 0.357. The van der Waals surface area contributed by atoms with Gasteiger partial charge in [0.05, 0.1) is 0 Å². The first kappa shape index (κ1) is 15.8. The van der Waals surface area contributed by atoms with Crippen molar-refractivity contribution in [1.29, 1.82) is 0 Å². The molecule has 0 aliphatic heterocycles. The Hall–Kier alpha value is -0.0438. The quantitative estimate of drug-likeness (QED) is 0.230. The highest BCUT2D eigenvalue weighted by Gasteiger charge is 1.84. The molecule has 0 radical (unpaired) electrons. The minimum atomic E-state index is -1.69. The van der Waals surface area contributed by atoms with Crippen LogP contribution in [-0.2, 0) is 4.89 Å². The number of rotatable bonds is 0. The molecule has 0 rings (SSSR count). The van der Waals surface area contributed by atoms with E-state index < -0.39 is 6.16 Å². The van der Waals surface area contributed by atoms with Crippen molar-refractivity contribution in [2.24, 2.45) is 0 Å². The summed E-state index contributed by atoms with van der Waals surface area (Å²) in [6.07, 6.45) is -1.69. The maximum Gasteiger partial charge on any atom is 0.537 e. The van der Waals surface area contributed by atoms with Gasteiger partial charge < -0.3 is 10.6 Å². The van der Waals surface area contributed by atoms with Crippen LogP contribution in [-0.4, -0.2) is 45.0 Å². The Labute approximate surface area is 55.3 Å². The van der Waals surface area contributed by atoms with Crippen LogP contribution in [0.15, 0.2) is 0 Å². The summed E-state index contributed by atoms with van der Waals surface area (Å²) < 4.78 is 0. The smallest absolute Gasteiger partial charge is 0.448 e. The van der Waals surface area contributed by atoms with E-state index in [-0.39, 0.29) is 28.5 Å². The lowest BCUT2D eigenvalue weighted by Gasteiger charge is -1.75. The molecule has 7 heavy (non-hydrogen) atoms. The molecule has 0 aromatic heterocycles. The molecule has 0 spiro atoms. The number of hydrogen-bond acceptors (Lipinski definition) is 3. The topological polar surface area (TPSA) is 98.3 Å². The zero-order valence-corrected chi connectivity index (χ0v) is 2.71. The summed E-state index contributed by atoms with van der Waals surface area (Å²) in [5, 5.41) is 14.3. The second kappa shape index (κ2) is 9.35. The summed E-state index contributed by atoms with van der Waals surface area (Å²) in [6.45, 7) is 0. The zero-order valence-electron chi connectivity index (χ0n) is 2.71. The van der Waals surface area contributed by atoms with E-state index >= 15 is 0 Å². The fraction of sp³-hybridized carbons (Fsp3) is 0. The SMILES string of the molecule is O.O=C(O)OO.[MgH2]. The predicted octanol–water partition coefficient (Wildman–Crippen LogP) is -1.59. The largest absolute Gasteiger partial charge is 0.537 e. The summed E-state index contributed by atoms with van der Waals surface area (Å²) in [4.78, 5) is 11.6. The Morgan fingerprint density at radius 1 is 1.57 bits per heavy atom. The first-order valence-electron chi connectivity index (χ1n) is 0.814. The molecule has 0 aliphatic rings. The van der Waals surface area contributed by atoms with E-state index in [1.165, 1.54) is 0 Å². The first-order valence-corrected chi connectivity index (χ1v) is 0.814. The van der Waals surface area contributed by atoms with E-state index in [2.05, 4.69) is 4.89 Å². The predicted molar refractivity (Wildman–Crippen MR) is 23.9 cm³/mol. The molecule has 6 heteroatoms. The molecule has 0 atom stereocenters. The highest BCUT2D eigenvalue weighted by Crippen LogP contribution is 1.59. The van der Waals surface area contributed by atoms with Crippen LogP contribution in [0.1, 0.15) is 0 Å². The number of hydrogen-bond donors (Lipinski definition) is 2. The Kier molecular flexibility index (Phi) is 21.1. The highest BCUT2D eigenvalue weighted by molar-refractivity contribution is 5.75. The minimum absolute atomic E-state index is 0. The standard InChI is InChI=1S/CH2O4.Mg.H2O.2H/c2-1(3)5-4;;;;/h4H,(H,2,3);;1H2;;. The second-order valence-corrected chi connectivity index (χ2v) is 0.357. The van der Waals surface area contributed by atoms with Gasteiger partial charge in [-0.05, 0) is 0 Å². The van der Waals surface area contributed by atoms with Crippen LogP contribution in [0.2, 0.25) is 0 Å². The van der Waals surface area contributed by atoms with Gasteiger partial charge in [-0.2, -0.15) is 5.26 Å². The van der Waals surface area contributed by atoms with Crippen LogP contribution in [0.25, 0.3) is 0 Å². The molecule has 0 saturated heterocycles. The molecule has 5 nitrogen and oxygen atoms in total. The van der Waals surface area contributed by atoms with Crippen LogP contribution in [0.3, 0.4) is 0 Å². The van der Waals surface area contributed by atoms with E-state index in [0.717, 1.165) is 0 Å². The third-order valence-corrected chi connectivity index (χ3v) is 0.0781. The fourth-order valence-corrected chi connectivity index (χ4v) is 0. The van der Waals surface area contributed by atoms with Gasteiger partial charge in [-0.15, -0.1) is 0 Å². The third kappa shape index (κ3) is 24.4. The maximum atomic E-state index is 8.90. The van der Waals surface area contributed by atoms with Crippen molar-refractivity contribution in [3.63, 3.8) is 0 Å². The normalized spacial score (nSPS) is 4.71. The van der Waals surface area contributed by atoms with E-state index in [9.17, 15) is 0 Å². The van der Waals surface area contributed by atoms with Gasteiger partial charge >= 0.3 is 29.2 Å². The maximum absolute atomic E-state index is 8.90. The summed E-state index contributed by atoms with van der Waals surface area (Å²) in [5.74, 6) is 0. The molecule has 42 valence electrons. The monoisotopic (exact) mass is 122 g/mol. The Morgan fingerprint density at radius 3 is 1.71 bits per heavy atom. The van der Waals surface area contributed by atoms with Crippen molar-refractivity contribution < 1.29 is 25.5 Å². The summed E-state index contributed by atoms with van der Waals surface area (Å²) in [5.41, 5.74) is 0. The average Bonchev–Trinajstić information content (AvgIpc) is 1.38. The van der Waals surface area contributed by atoms with E-state index in [1.54, 1.807) is 0 Å². The van der Waals surface area contributed by atoms with Gasteiger partial charge in [0, 0.05) is 0 Å². The molecular formula is CH6MgO5. The molecule has 0 aliphatic carbocycles. The van der Waals surface area contributed by atoms with Crippen LogP contribution >= 0.6 is 0 Å². The highest BCUT2D eigenvalue weighted by atomic mass is 24.3. The molecule has 0 fully saturated rings. The number of carbonyl (C=O) groups is 1. The van der Waals surface area contributed by atoms with Crippen LogP contribution in [0, 0.1) is 0 Å². The number of carboxylic acid groups (broad SMARTS) is 1. The van der Waals surface area contributed by atoms with Crippen LogP contribution in [0.4, 0.5) is 4.79 Å². The molecule has 4 N–H and O–H groups in total. The van der Waals surface area contributed by atoms with Gasteiger partial charge in [-0.25, -0.2) is 4.79 Å². The van der Waals surface area contributed by atoms with Gasteiger partial charge in [-0.3, -0.25) is 4.89 Å². The zero-order chi connectivity index (χ0) is 4.28. The lowest BCUT2D eigenvalue weighted by Crippen LogP contribution is -1.91. The van der Waals surface area contributed by atoms with Gasteiger partial charge in [0.2, 0.25) is 0 Å². The van der Waals surface area contributed by atoms with Crippen molar-refractivity contribution >= 4 is 29.2 Å². The summed E-state index contributed by atoms with van der Waals surface area (Å²) in [6, 6.07) is 0. The van der Waals surface area contributed by atoms with E-state index in [4.69, 9.17) is 15.2 Å². The Bertz CT molecular complexity index is 43.3. The molecular weight excluding hydrogens is 116 g/mol. The van der Waals surface area contributed by atoms with Gasteiger partial charge in [-0.1, -0.05) is 0 Å². The molecule has 0 aromatic carbocycles. The van der Waals surface area contributed by atoms with E-state index in [0.29, 0.717) is 0 Å². The average molecular weight is 122 g/mol. The van der Waals surface area contributed by atoms with Crippen molar-refractivity contribution in [3.8, 4) is 0 Å².